The van der Waals surface area contributed by atoms with Gasteiger partial charge in [-0.2, -0.15) is 0 Å². The average Bonchev–Trinajstić information content (AvgIpc) is 3.27. The van der Waals surface area contributed by atoms with E-state index in [9.17, 15) is 14.4 Å². The van der Waals surface area contributed by atoms with E-state index in [1.165, 1.54) is 96.3 Å². The summed E-state index contributed by atoms with van der Waals surface area (Å²) in [5, 5.41) is 0. The summed E-state index contributed by atoms with van der Waals surface area (Å²) in [7, 11) is 0. The van der Waals surface area contributed by atoms with Crippen molar-refractivity contribution in [1.82, 2.24) is 0 Å². The van der Waals surface area contributed by atoms with Crippen LogP contribution in [-0.4, -0.2) is 37.2 Å². The number of allylic oxidation sites excluding steroid dienone is 10. The van der Waals surface area contributed by atoms with Crippen molar-refractivity contribution in [1.29, 1.82) is 0 Å². The van der Waals surface area contributed by atoms with Gasteiger partial charge in [0.15, 0.2) is 6.10 Å². The molecule has 0 saturated heterocycles. The van der Waals surface area contributed by atoms with E-state index in [1.807, 2.05) is 0 Å². The molecule has 0 unspecified atom stereocenters. The molecule has 0 N–H and O–H groups in total. The van der Waals surface area contributed by atoms with Crippen LogP contribution < -0.4 is 0 Å². The van der Waals surface area contributed by atoms with E-state index in [1.54, 1.807) is 0 Å². The zero-order valence-corrected chi connectivity index (χ0v) is 40.9. The monoisotopic (exact) mass is 867 g/mol. The quantitative estimate of drug-likeness (QED) is 0.0262. The Morgan fingerprint density at radius 1 is 0.339 bits per heavy atom. The maximum absolute atomic E-state index is 12.8. The Hall–Kier alpha value is -2.89. The van der Waals surface area contributed by atoms with Crippen LogP contribution in [0.4, 0.5) is 0 Å². The molecule has 62 heavy (non-hydrogen) atoms. The molecule has 0 aromatic rings. The number of rotatable bonds is 47. The molecule has 6 heteroatoms. The minimum Gasteiger partial charge on any atom is -0.462 e. The van der Waals surface area contributed by atoms with Gasteiger partial charge in [-0.3, -0.25) is 14.4 Å². The molecule has 0 heterocycles. The summed E-state index contributed by atoms with van der Waals surface area (Å²) in [4.78, 5) is 38.0. The van der Waals surface area contributed by atoms with Gasteiger partial charge < -0.3 is 14.2 Å². The van der Waals surface area contributed by atoms with Crippen LogP contribution in [0.3, 0.4) is 0 Å². The molecule has 1 atom stereocenters. The summed E-state index contributed by atoms with van der Waals surface area (Å²) in [6.45, 7) is 6.49. The fraction of sp³-hybridized carbons (Fsp3) is 0.768. The highest BCUT2D eigenvalue weighted by Crippen LogP contribution is 2.15. The number of esters is 3. The van der Waals surface area contributed by atoms with Crippen LogP contribution in [0.5, 0.6) is 0 Å². The van der Waals surface area contributed by atoms with Crippen LogP contribution >= 0.6 is 0 Å². The lowest BCUT2D eigenvalue weighted by atomic mass is 10.0. The number of carbonyl (C=O) groups is 3. The Morgan fingerprint density at radius 3 is 1.02 bits per heavy atom. The summed E-state index contributed by atoms with van der Waals surface area (Å²) in [5.74, 6) is -0.909. The largest absolute Gasteiger partial charge is 0.462 e. The Morgan fingerprint density at radius 2 is 0.629 bits per heavy atom. The number of carbonyl (C=O) groups excluding carboxylic acids is 3. The highest BCUT2D eigenvalue weighted by Gasteiger charge is 2.19. The fourth-order valence-electron chi connectivity index (χ4n) is 7.31. The third-order valence-electron chi connectivity index (χ3n) is 11.3. The van der Waals surface area contributed by atoms with Gasteiger partial charge in [0.25, 0.3) is 0 Å². The standard InChI is InChI=1S/C56H98O6/c1-4-7-10-13-16-19-22-25-28-31-34-37-40-43-46-49-55(58)61-52-53(51-60-54(57)48-45-42-39-36-33-30-27-24-21-18-15-12-9-6-3)62-56(59)50-47-44-41-38-35-32-29-26-23-20-17-14-11-8-5-2/h7,10,16-17,19-20,25-26,28-29,53H,4-6,8-9,11-15,18,21-24,27,30-52H2,1-3H3/b10-7+,19-16+,20-17+,28-25+,29-26+/t53-/m1/s1. The predicted molar refractivity (Wildman–Crippen MR) is 265 cm³/mol. The molecule has 0 aliphatic heterocycles. The summed E-state index contributed by atoms with van der Waals surface area (Å²) in [6, 6.07) is 0. The molecule has 0 rings (SSSR count). The van der Waals surface area contributed by atoms with E-state index >= 15 is 0 Å². The SMILES string of the molecule is CC/C=C/C/C=C/C/C=C/CCCCCCCC(=O)OC[C@@H](COC(=O)CCCCCCCCCCCCCCCC)OC(=O)CCCCCCC/C=C/C/C=C/CCCCC. The van der Waals surface area contributed by atoms with Crippen LogP contribution in [0.2, 0.25) is 0 Å². The number of hydrogen-bond acceptors (Lipinski definition) is 6. The van der Waals surface area contributed by atoms with Crippen LogP contribution in [-0.2, 0) is 28.6 Å². The second-order valence-electron chi connectivity index (χ2n) is 17.4. The number of hydrogen-bond donors (Lipinski definition) is 0. The van der Waals surface area contributed by atoms with Crippen LogP contribution in [0.15, 0.2) is 60.8 Å². The smallest absolute Gasteiger partial charge is 0.306 e. The van der Waals surface area contributed by atoms with Gasteiger partial charge in [-0.05, 0) is 83.5 Å². The Balaban J connectivity index is 4.42. The number of ether oxygens (including phenoxy) is 3. The van der Waals surface area contributed by atoms with Gasteiger partial charge in [-0.25, -0.2) is 0 Å². The minimum absolute atomic E-state index is 0.0837. The molecule has 0 bridgehead atoms. The van der Waals surface area contributed by atoms with E-state index in [2.05, 4.69) is 81.5 Å². The third kappa shape index (κ3) is 48.1. The first-order chi connectivity index (χ1) is 30.5. The van der Waals surface area contributed by atoms with Crippen molar-refractivity contribution in [3.05, 3.63) is 60.8 Å². The molecule has 0 aromatic carbocycles. The van der Waals surface area contributed by atoms with E-state index in [0.29, 0.717) is 19.3 Å². The van der Waals surface area contributed by atoms with Gasteiger partial charge in [0, 0.05) is 19.3 Å². The molecule has 0 radical (unpaired) electrons. The van der Waals surface area contributed by atoms with Gasteiger partial charge in [0.1, 0.15) is 13.2 Å². The van der Waals surface area contributed by atoms with Crippen molar-refractivity contribution in [3.8, 4) is 0 Å². The van der Waals surface area contributed by atoms with Crippen LogP contribution in [0, 0.1) is 0 Å². The van der Waals surface area contributed by atoms with E-state index in [4.69, 9.17) is 14.2 Å². The van der Waals surface area contributed by atoms with Gasteiger partial charge >= 0.3 is 17.9 Å². The molecule has 0 aromatic heterocycles. The summed E-state index contributed by atoms with van der Waals surface area (Å²) in [5.41, 5.74) is 0. The molecule has 0 fully saturated rings. The molecule has 0 amide bonds. The summed E-state index contributed by atoms with van der Waals surface area (Å²) in [6.07, 6.45) is 62.0. The van der Waals surface area contributed by atoms with Gasteiger partial charge in [0.2, 0.25) is 0 Å². The molecule has 0 spiro atoms. The van der Waals surface area contributed by atoms with Gasteiger partial charge in [-0.1, -0.05) is 216 Å². The molecule has 358 valence electrons. The third-order valence-corrected chi connectivity index (χ3v) is 11.3. The molecule has 0 aliphatic carbocycles. The highest BCUT2D eigenvalue weighted by atomic mass is 16.6. The van der Waals surface area contributed by atoms with Gasteiger partial charge in [-0.15, -0.1) is 0 Å². The topological polar surface area (TPSA) is 78.9 Å². The van der Waals surface area contributed by atoms with Crippen molar-refractivity contribution in [2.24, 2.45) is 0 Å². The van der Waals surface area contributed by atoms with Crippen molar-refractivity contribution < 1.29 is 28.6 Å². The van der Waals surface area contributed by atoms with Crippen molar-refractivity contribution >= 4 is 17.9 Å². The van der Waals surface area contributed by atoms with Crippen molar-refractivity contribution in [3.63, 3.8) is 0 Å². The summed E-state index contributed by atoms with van der Waals surface area (Å²) < 4.78 is 16.8. The second-order valence-corrected chi connectivity index (χ2v) is 17.4. The normalized spacial score (nSPS) is 12.5. The lowest BCUT2D eigenvalue weighted by Gasteiger charge is -2.18. The first-order valence-electron chi connectivity index (χ1n) is 26.3. The zero-order valence-electron chi connectivity index (χ0n) is 40.9. The first-order valence-corrected chi connectivity index (χ1v) is 26.3. The fourth-order valence-corrected chi connectivity index (χ4v) is 7.31. The molecule has 6 nitrogen and oxygen atoms in total. The second kappa shape index (κ2) is 50.8. The lowest BCUT2D eigenvalue weighted by molar-refractivity contribution is -0.167. The molecular formula is C56H98O6. The van der Waals surface area contributed by atoms with E-state index in [0.717, 1.165) is 122 Å². The Bertz CT molecular complexity index is 1130. The summed E-state index contributed by atoms with van der Waals surface area (Å²) >= 11 is 0. The molecule has 0 saturated carbocycles. The maximum Gasteiger partial charge on any atom is 0.306 e. The minimum atomic E-state index is -0.786. The van der Waals surface area contributed by atoms with E-state index in [-0.39, 0.29) is 31.1 Å². The van der Waals surface area contributed by atoms with E-state index < -0.39 is 6.10 Å². The van der Waals surface area contributed by atoms with Crippen molar-refractivity contribution in [2.45, 2.75) is 264 Å². The van der Waals surface area contributed by atoms with Crippen LogP contribution in [0.25, 0.3) is 0 Å². The lowest BCUT2D eigenvalue weighted by Crippen LogP contribution is -2.30. The average molecular weight is 867 g/mol. The molecular weight excluding hydrogens is 769 g/mol. The maximum atomic E-state index is 12.8. The Labute approximate surface area is 383 Å². The zero-order chi connectivity index (χ0) is 45.1. The van der Waals surface area contributed by atoms with Gasteiger partial charge in [0.05, 0.1) is 0 Å². The van der Waals surface area contributed by atoms with Crippen LogP contribution in [0.1, 0.15) is 258 Å². The first kappa shape index (κ1) is 59.1. The predicted octanol–water partition coefficient (Wildman–Crippen LogP) is 17.3. The highest BCUT2D eigenvalue weighted by molar-refractivity contribution is 5.71. The van der Waals surface area contributed by atoms with Crippen molar-refractivity contribution in [2.75, 3.05) is 13.2 Å². The Kier molecular flexibility index (Phi) is 48.4. The molecule has 0 aliphatic rings. The number of unbranched alkanes of at least 4 members (excludes halogenated alkanes) is 26.